The van der Waals surface area contributed by atoms with Gasteiger partial charge in [-0.3, -0.25) is 14.5 Å². The Morgan fingerprint density at radius 3 is 2.31 bits per heavy atom. The lowest BCUT2D eigenvalue weighted by atomic mass is 10.1. The van der Waals surface area contributed by atoms with Crippen LogP contribution in [-0.4, -0.2) is 49.4 Å². The fourth-order valence-electron chi connectivity index (χ4n) is 5.20. The number of rotatable bonds is 7. The number of nitrogens with zero attached hydrogens (tertiary/aromatic N) is 3. The molecule has 2 aliphatic rings. The molecule has 0 unspecified atom stereocenters. The summed E-state index contributed by atoms with van der Waals surface area (Å²) in [5, 5.41) is 3.11. The molecule has 6 heteroatoms. The first-order valence-electron chi connectivity index (χ1n) is 12.9. The molecular formula is C30H34N4O2. The van der Waals surface area contributed by atoms with E-state index in [0.717, 1.165) is 56.0 Å². The van der Waals surface area contributed by atoms with Crippen LogP contribution in [0.3, 0.4) is 0 Å². The van der Waals surface area contributed by atoms with Crippen molar-refractivity contribution in [2.24, 2.45) is 0 Å². The molecule has 1 N–H and O–H groups in total. The maximum Gasteiger partial charge on any atom is 0.251 e. The molecule has 0 spiro atoms. The maximum absolute atomic E-state index is 13.0. The van der Waals surface area contributed by atoms with Crippen LogP contribution in [0.1, 0.15) is 40.4 Å². The molecule has 6 nitrogen and oxygen atoms in total. The predicted octanol–water partition coefficient (Wildman–Crippen LogP) is 4.24. The smallest absolute Gasteiger partial charge is 0.251 e. The van der Waals surface area contributed by atoms with Crippen LogP contribution in [0, 0.1) is 0 Å². The Hall–Kier alpha value is -3.64. The van der Waals surface area contributed by atoms with Gasteiger partial charge in [0.1, 0.15) is 0 Å². The zero-order chi connectivity index (χ0) is 24.9. The van der Waals surface area contributed by atoms with Crippen molar-refractivity contribution in [3.63, 3.8) is 0 Å². The van der Waals surface area contributed by atoms with Crippen LogP contribution in [0.4, 0.5) is 11.4 Å². The Kier molecular flexibility index (Phi) is 7.33. The standard InChI is InChI=1S/C30H34N4O2/c1-2-29(35)34-15-14-23-20-24(12-13-28(23)34)30(36)31-21-25-8-6-7-9-26(25)22-32-16-18-33(19-17-32)27-10-4-3-5-11-27/h3-13,20H,2,14-19,21-22H2,1H3,(H,31,36). The van der Waals surface area contributed by atoms with Gasteiger partial charge in [0.25, 0.3) is 5.91 Å². The lowest BCUT2D eigenvalue weighted by Crippen LogP contribution is -2.46. The molecule has 0 aliphatic carbocycles. The molecule has 0 radical (unpaired) electrons. The van der Waals surface area contributed by atoms with Gasteiger partial charge in [0.15, 0.2) is 0 Å². The van der Waals surface area contributed by atoms with Crippen LogP contribution in [-0.2, 0) is 24.3 Å². The van der Waals surface area contributed by atoms with Gasteiger partial charge in [-0.1, -0.05) is 49.4 Å². The molecule has 5 rings (SSSR count). The van der Waals surface area contributed by atoms with Crippen LogP contribution in [0.5, 0.6) is 0 Å². The lowest BCUT2D eigenvalue weighted by molar-refractivity contribution is -0.118. The Morgan fingerprint density at radius 2 is 1.56 bits per heavy atom. The highest BCUT2D eigenvalue weighted by Gasteiger charge is 2.24. The summed E-state index contributed by atoms with van der Waals surface area (Å²) < 4.78 is 0. The molecule has 0 atom stereocenters. The molecule has 2 aliphatic heterocycles. The van der Waals surface area contributed by atoms with Gasteiger partial charge in [0.05, 0.1) is 0 Å². The summed E-state index contributed by atoms with van der Waals surface area (Å²) >= 11 is 0. The second-order valence-electron chi connectivity index (χ2n) is 9.54. The first-order valence-corrected chi connectivity index (χ1v) is 12.9. The van der Waals surface area contributed by atoms with Crippen LogP contribution in [0.2, 0.25) is 0 Å². The van der Waals surface area contributed by atoms with Crippen molar-refractivity contribution in [3.05, 3.63) is 95.1 Å². The van der Waals surface area contributed by atoms with E-state index in [-0.39, 0.29) is 11.8 Å². The summed E-state index contributed by atoms with van der Waals surface area (Å²) in [6.07, 6.45) is 1.28. The van der Waals surface area contributed by atoms with Crippen molar-refractivity contribution in [1.82, 2.24) is 10.2 Å². The van der Waals surface area contributed by atoms with E-state index in [1.807, 2.05) is 36.1 Å². The number of anilines is 2. The molecule has 36 heavy (non-hydrogen) atoms. The van der Waals surface area contributed by atoms with Crippen molar-refractivity contribution in [2.75, 3.05) is 42.5 Å². The molecule has 1 saturated heterocycles. The minimum atomic E-state index is -0.0793. The Balaban J connectivity index is 1.18. The van der Waals surface area contributed by atoms with Gasteiger partial charge in [-0.2, -0.15) is 0 Å². The third-order valence-electron chi connectivity index (χ3n) is 7.29. The van der Waals surface area contributed by atoms with E-state index in [9.17, 15) is 9.59 Å². The summed E-state index contributed by atoms with van der Waals surface area (Å²) in [7, 11) is 0. The molecular weight excluding hydrogens is 448 g/mol. The van der Waals surface area contributed by atoms with Gasteiger partial charge in [-0.05, 0) is 53.4 Å². The van der Waals surface area contributed by atoms with E-state index in [2.05, 4.69) is 63.6 Å². The highest BCUT2D eigenvalue weighted by molar-refractivity contribution is 5.98. The largest absolute Gasteiger partial charge is 0.369 e. The topological polar surface area (TPSA) is 55.9 Å². The number of carbonyl (C=O) groups is 2. The molecule has 1 fully saturated rings. The third kappa shape index (κ3) is 5.29. The fourth-order valence-corrected chi connectivity index (χ4v) is 5.20. The average Bonchev–Trinajstić information content (AvgIpc) is 3.36. The SMILES string of the molecule is CCC(=O)N1CCc2cc(C(=O)NCc3ccccc3CN3CCN(c4ccccc4)CC3)ccc21. The van der Waals surface area contributed by atoms with E-state index >= 15 is 0 Å². The Morgan fingerprint density at radius 1 is 0.833 bits per heavy atom. The Labute approximate surface area is 213 Å². The first-order chi connectivity index (χ1) is 17.6. The highest BCUT2D eigenvalue weighted by atomic mass is 16.2. The molecule has 3 aromatic rings. The summed E-state index contributed by atoms with van der Waals surface area (Å²) in [4.78, 5) is 31.9. The van der Waals surface area contributed by atoms with Crippen molar-refractivity contribution in [3.8, 4) is 0 Å². The maximum atomic E-state index is 13.0. The molecule has 0 saturated carbocycles. The molecule has 2 heterocycles. The molecule has 0 bridgehead atoms. The van der Waals surface area contributed by atoms with Crippen LogP contribution in [0.15, 0.2) is 72.8 Å². The van der Waals surface area contributed by atoms with Crippen LogP contribution in [0.25, 0.3) is 0 Å². The number of hydrogen-bond donors (Lipinski definition) is 1. The minimum absolute atomic E-state index is 0.0793. The van der Waals surface area contributed by atoms with Gasteiger partial charge in [-0.15, -0.1) is 0 Å². The fraction of sp³-hybridized carbons (Fsp3) is 0.333. The van der Waals surface area contributed by atoms with E-state index < -0.39 is 0 Å². The predicted molar refractivity (Wildman–Crippen MR) is 144 cm³/mol. The molecule has 186 valence electrons. The highest BCUT2D eigenvalue weighted by Crippen LogP contribution is 2.29. The quantitative estimate of drug-likeness (QED) is 0.547. The van der Waals surface area contributed by atoms with E-state index in [0.29, 0.717) is 25.1 Å². The summed E-state index contributed by atoms with van der Waals surface area (Å²) in [6.45, 7) is 8.02. The summed E-state index contributed by atoms with van der Waals surface area (Å²) in [5.41, 5.74) is 6.35. The van der Waals surface area contributed by atoms with Crippen molar-refractivity contribution in [1.29, 1.82) is 0 Å². The number of para-hydroxylation sites is 1. The van der Waals surface area contributed by atoms with Gasteiger partial charge in [-0.25, -0.2) is 0 Å². The molecule has 0 aromatic heterocycles. The van der Waals surface area contributed by atoms with E-state index in [1.54, 1.807) is 0 Å². The average molecular weight is 483 g/mol. The number of piperazine rings is 1. The van der Waals surface area contributed by atoms with Crippen LogP contribution < -0.4 is 15.1 Å². The van der Waals surface area contributed by atoms with Gasteiger partial charge in [0.2, 0.25) is 5.91 Å². The van der Waals surface area contributed by atoms with Gasteiger partial charge in [0, 0.05) is 69.2 Å². The zero-order valence-electron chi connectivity index (χ0n) is 21.0. The number of amides is 2. The van der Waals surface area contributed by atoms with E-state index in [1.165, 1.54) is 11.3 Å². The number of benzene rings is 3. The molecule has 3 aromatic carbocycles. The number of nitrogens with one attached hydrogen (secondary N) is 1. The summed E-state index contributed by atoms with van der Waals surface area (Å²) in [5.74, 6) is 0.0494. The lowest BCUT2D eigenvalue weighted by Gasteiger charge is -2.36. The van der Waals surface area contributed by atoms with Gasteiger partial charge >= 0.3 is 0 Å². The number of carbonyl (C=O) groups excluding carboxylic acids is 2. The minimum Gasteiger partial charge on any atom is -0.369 e. The zero-order valence-corrected chi connectivity index (χ0v) is 21.0. The van der Waals surface area contributed by atoms with Crippen molar-refractivity contribution in [2.45, 2.75) is 32.9 Å². The normalized spacial score (nSPS) is 15.6. The van der Waals surface area contributed by atoms with Crippen molar-refractivity contribution >= 4 is 23.2 Å². The monoisotopic (exact) mass is 482 g/mol. The second-order valence-corrected chi connectivity index (χ2v) is 9.54. The molecule has 2 amide bonds. The summed E-state index contributed by atoms with van der Waals surface area (Å²) in [6, 6.07) is 24.7. The first kappa shape index (κ1) is 24.1. The van der Waals surface area contributed by atoms with Gasteiger partial charge < -0.3 is 15.1 Å². The third-order valence-corrected chi connectivity index (χ3v) is 7.29. The number of hydrogen-bond acceptors (Lipinski definition) is 4. The van der Waals surface area contributed by atoms with Crippen molar-refractivity contribution < 1.29 is 9.59 Å². The van der Waals surface area contributed by atoms with E-state index in [4.69, 9.17) is 0 Å². The second kappa shape index (κ2) is 11.0. The van der Waals surface area contributed by atoms with Crippen LogP contribution >= 0.6 is 0 Å². The number of fused-ring (bicyclic) bond motifs is 1. The Bertz CT molecular complexity index is 1220.